The lowest BCUT2D eigenvalue weighted by Crippen LogP contribution is -2.15. The van der Waals surface area contributed by atoms with Crippen molar-refractivity contribution in [2.75, 3.05) is 0 Å². The summed E-state index contributed by atoms with van der Waals surface area (Å²) < 4.78 is 18.5. The van der Waals surface area contributed by atoms with E-state index in [1.54, 1.807) is 23.5 Å². The molecule has 0 spiro atoms. The van der Waals surface area contributed by atoms with Crippen LogP contribution in [-0.2, 0) is 19.6 Å². The quantitative estimate of drug-likeness (QED) is 0.847. The fourth-order valence-electron chi connectivity index (χ4n) is 2.11. The van der Waals surface area contributed by atoms with Gasteiger partial charge in [-0.3, -0.25) is 0 Å². The Morgan fingerprint density at radius 2 is 2.10 bits per heavy atom. The molecule has 1 saturated carbocycles. The molecule has 0 amide bonds. The van der Waals surface area contributed by atoms with Crippen LogP contribution in [0.2, 0.25) is 0 Å². The van der Waals surface area contributed by atoms with Crippen molar-refractivity contribution in [1.29, 1.82) is 0 Å². The lowest BCUT2D eigenvalue weighted by atomic mass is 10.3. The second-order valence-corrected chi connectivity index (χ2v) is 6.40. The third-order valence-electron chi connectivity index (χ3n) is 3.46. The number of rotatable bonds is 7. The molecule has 2 aromatic rings. The number of hydrogen-bond donors (Lipinski definition) is 1. The minimum Gasteiger partial charge on any atom is -0.486 e. The van der Waals surface area contributed by atoms with Crippen molar-refractivity contribution >= 4 is 11.3 Å². The van der Waals surface area contributed by atoms with E-state index < -0.39 is 0 Å². The Morgan fingerprint density at radius 1 is 1.33 bits per heavy atom. The number of nitrogens with zero attached hydrogens (tertiary/aromatic N) is 1. The highest BCUT2D eigenvalue weighted by atomic mass is 32.1. The highest BCUT2D eigenvalue weighted by molar-refractivity contribution is 7.11. The number of hydrogen-bond acceptors (Lipinski definition) is 4. The summed E-state index contributed by atoms with van der Waals surface area (Å²) in [4.78, 5) is 5.95. The Bertz CT molecular complexity index is 593. The van der Waals surface area contributed by atoms with Crippen LogP contribution in [0.4, 0.5) is 4.39 Å². The van der Waals surface area contributed by atoms with Gasteiger partial charge in [0.15, 0.2) is 0 Å². The Balaban J connectivity index is 1.60. The first-order valence-electron chi connectivity index (χ1n) is 7.34. The smallest absolute Gasteiger partial charge is 0.140 e. The summed E-state index contributed by atoms with van der Waals surface area (Å²) in [7, 11) is 0. The zero-order valence-electron chi connectivity index (χ0n) is 12.1. The zero-order chi connectivity index (χ0) is 14.7. The number of benzene rings is 1. The topological polar surface area (TPSA) is 34.1 Å². The van der Waals surface area contributed by atoms with Gasteiger partial charge in [-0.1, -0.05) is 6.92 Å². The Labute approximate surface area is 128 Å². The summed E-state index contributed by atoms with van der Waals surface area (Å²) >= 11 is 1.70. The molecular formula is C16H19FN2OS. The van der Waals surface area contributed by atoms with Gasteiger partial charge in [0.25, 0.3) is 0 Å². The van der Waals surface area contributed by atoms with E-state index in [1.165, 1.54) is 29.9 Å². The summed E-state index contributed by atoms with van der Waals surface area (Å²) in [6.07, 6.45) is 3.52. The molecule has 21 heavy (non-hydrogen) atoms. The minimum atomic E-state index is -0.252. The van der Waals surface area contributed by atoms with Gasteiger partial charge in [0.1, 0.15) is 23.2 Å². The van der Waals surface area contributed by atoms with Gasteiger partial charge in [0.05, 0.1) is 5.69 Å². The largest absolute Gasteiger partial charge is 0.486 e. The highest BCUT2D eigenvalue weighted by Crippen LogP contribution is 2.24. The van der Waals surface area contributed by atoms with E-state index in [-0.39, 0.29) is 5.82 Å². The molecule has 5 heteroatoms. The number of thiazole rings is 1. The van der Waals surface area contributed by atoms with E-state index in [2.05, 4.69) is 17.2 Å². The van der Waals surface area contributed by atoms with Gasteiger partial charge in [-0.15, -0.1) is 11.3 Å². The molecule has 1 aromatic heterocycles. The summed E-state index contributed by atoms with van der Waals surface area (Å²) in [5.41, 5.74) is 1.16. The molecule has 1 heterocycles. The molecule has 0 unspecified atom stereocenters. The fraction of sp³-hybridized carbons (Fsp3) is 0.438. The van der Waals surface area contributed by atoms with Crippen molar-refractivity contribution in [2.24, 2.45) is 0 Å². The molecule has 1 N–H and O–H groups in total. The van der Waals surface area contributed by atoms with Crippen LogP contribution < -0.4 is 10.1 Å². The first-order chi connectivity index (χ1) is 10.2. The normalized spacial score (nSPS) is 14.4. The predicted octanol–water partition coefficient (Wildman–Crippen LogP) is 3.68. The molecule has 0 bridgehead atoms. The second-order valence-electron chi connectivity index (χ2n) is 5.23. The fourth-order valence-corrected chi connectivity index (χ4v) is 3.13. The molecule has 0 saturated heterocycles. The molecule has 1 aliphatic rings. The van der Waals surface area contributed by atoms with Crippen LogP contribution in [0, 0.1) is 5.82 Å². The molecule has 1 aliphatic carbocycles. The van der Waals surface area contributed by atoms with E-state index >= 15 is 0 Å². The third kappa shape index (κ3) is 4.02. The lowest BCUT2D eigenvalue weighted by Gasteiger charge is -2.03. The van der Waals surface area contributed by atoms with Gasteiger partial charge in [0, 0.05) is 17.5 Å². The van der Waals surface area contributed by atoms with Crippen LogP contribution in [0.1, 0.15) is 35.3 Å². The maximum absolute atomic E-state index is 12.8. The minimum absolute atomic E-state index is 0.252. The number of aromatic nitrogens is 1. The molecule has 1 fully saturated rings. The van der Waals surface area contributed by atoms with Crippen LogP contribution in [0.5, 0.6) is 5.75 Å². The third-order valence-corrected chi connectivity index (χ3v) is 4.53. The van der Waals surface area contributed by atoms with E-state index in [4.69, 9.17) is 4.74 Å². The van der Waals surface area contributed by atoms with Crippen molar-refractivity contribution in [2.45, 2.75) is 45.4 Å². The SMILES string of the molecule is CCc1nc(COc2ccc(F)cc2)sc1CNC1CC1. The van der Waals surface area contributed by atoms with Crippen LogP contribution in [0.3, 0.4) is 0 Å². The molecule has 0 aliphatic heterocycles. The molecular weight excluding hydrogens is 287 g/mol. The highest BCUT2D eigenvalue weighted by Gasteiger charge is 2.21. The Morgan fingerprint density at radius 3 is 2.76 bits per heavy atom. The van der Waals surface area contributed by atoms with Crippen LogP contribution in [0.15, 0.2) is 24.3 Å². The van der Waals surface area contributed by atoms with Crippen molar-refractivity contribution in [3.8, 4) is 5.75 Å². The number of aryl methyl sites for hydroxylation is 1. The van der Waals surface area contributed by atoms with Gasteiger partial charge < -0.3 is 10.1 Å². The van der Waals surface area contributed by atoms with E-state index in [9.17, 15) is 4.39 Å². The first kappa shape index (κ1) is 14.5. The average molecular weight is 306 g/mol. The number of halogens is 1. The monoisotopic (exact) mass is 306 g/mol. The molecule has 0 atom stereocenters. The molecule has 3 nitrogen and oxygen atoms in total. The second kappa shape index (κ2) is 6.54. The Hall–Kier alpha value is -1.46. The average Bonchev–Trinajstić information content (AvgIpc) is 3.24. The van der Waals surface area contributed by atoms with E-state index in [0.29, 0.717) is 18.4 Å². The van der Waals surface area contributed by atoms with Crippen molar-refractivity contribution < 1.29 is 9.13 Å². The van der Waals surface area contributed by atoms with Gasteiger partial charge >= 0.3 is 0 Å². The summed E-state index contributed by atoms with van der Waals surface area (Å²) in [6.45, 7) is 3.47. The van der Waals surface area contributed by atoms with E-state index in [0.717, 1.165) is 23.7 Å². The molecule has 1 aromatic carbocycles. The van der Waals surface area contributed by atoms with Crippen molar-refractivity contribution in [3.63, 3.8) is 0 Å². The standard InChI is InChI=1S/C16H19FN2OS/c1-2-14-15(9-18-12-5-6-12)21-16(19-14)10-20-13-7-3-11(17)4-8-13/h3-4,7-8,12,18H,2,5-6,9-10H2,1H3. The molecule has 0 radical (unpaired) electrons. The van der Waals surface area contributed by atoms with Crippen LogP contribution in [-0.4, -0.2) is 11.0 Å². The van der Waals surface area contributed by atoms with Crippen molar-refractivity contribution in [1.82, 2.24) is 10.3 Å². The zero-order valence-corrected chi connectivity index (χ0v) is 12.9. The van der Waals surface area contributed by atoms with Crippen LogP contribution >= 0.6 is 11.3 Å². The predicted molar refractivity (Wildman–Crippen MR) is 82.1 cm³/mol. The maximum Gasteiger partial charge on any atom is 0.140 e. The Kier molecular flexibility index (Phi) is 4.51. The van der Waals surface area contributed by atoms with E-state index in [1.807, 2.05) is 0 Å². The van der Waals surface area contributed by atoms with Gasteiger partial charge in [-0.2, -0.15) is 0 Å². The number of ether oxygens (including phenoxy) is 1. The lowest BCUT2D eigenvalue weighted by molar-refractivity contribution is 0.305. The first-order valence-corrected chi connectivity index (χ1v) is 8.15. The maximum atomic E-state index is 12.8. The summed E-state index contributed by atoms with van der Waals surface area (Å²) in [5.74, 6) is 0.417. The van der Waals surface area contributed by atoms with Crippen molar-refractivity contribution in [3.05, 3.63) is 45.7 Å². The van der Waals surface area contributed by atoms with Gasteiger partial charge in [-0.25, -0.2) is 9.37 Å². The molecule has 112 valence electrons. The summed E-state index contributed by atoms with van der Waals surface area (Å²) in [6, 6.07) is 6.79. The molecule has 3 rings (SSSR count). The number of nitrogens with one attached hydrogen (secondary N) is 1. The summed E-state index contributed by atoms with van der Waals surface area (Å²) in [5, 5.41) is 4.50. The van der Waals surface area contributed by atoms with Gasteiger partial charge in [-0.05, 0) is 43.5 Å². The van der Waals surface area contributed by atoms with Gasteiger partial charge in [0.2, 0.25) is 0 Å². The van der Waals surface area contributed by atoms with Crippen LogP contribution in [0.25, 0.3) is 0 Å².